The lowest BCUT2D eigenvalue weighted by molar-refractivity contribution is -0.118. The van der Waals surface area contributed by atoms with E-state index in [1.54, 1.807) is 18.3 Å². The SMILES string of the molecule is Cc1ccc(NC(=O)[C@H](Cc2ccccc2)NC(=O)c2ccc(F)cc2)cn1.O.[HH].[HH]. The van der Waals surface area contributed by atoms with Crippen LogP contribution in [0.25, 0.3) is 0 Å². The smallest absolute Gasteiger partial charge is 0.251 e. The van der Waals surface area contributed by atoms with Gasteiger partial charge in [-0.1, -0.05) is 30.3 Å². The fourth-order valence-electron chi connectivity index (χ4n) is 2.67. The lowest BCUT2D eigenvalue weighted by Crippen LogP contribution is -2.45. The molecule has 29 heavy (non-hydrogen) atoms. The molecule has 1 heterocycles. The number of carbonyl (C=O) groups excluding carboxylic acids is 2. The van der Waals surface area contributed by atoms with Crippen LogP contribution in [0.1, 0.15) is 24.5 Å². The Labute approximate surface area is 171 Å². The van der Waals surface area contributed by atoms with E-state index in [4.69, 9.17) is 0 Å². The monoisotopic (exact) mass is 399 g/mol. The van der Waals surface area contributed by atoms with Crippen molar-refractivity contribution >= 4 is 17.5 Å². The molecule has 0 saturated carbocycles. The summed E-state index contributed by atoms with van der Waals surface area (Å²) in [5.74, 6) is -1.23. The highest BCUT2D eigenvalue weighted by Crippen LogP contribution is 2.10. The number of hydrogen-bond acceptors (Lipinski definition) is 3. The van der Waals surface area contributed by atoms with E-state index in [2.05, 4.69) is 15.6 Å². The molecule has 0 radical (unpaired) electrons. The predicted molar refractivity (Wildman–Crippen MR) is 113 cm³/mol. The molecule has 0 bridgehead atoms. The summed E-state index contributed by atoms with van der Waals surface area (Å²) in [5, 5.41) is 5.52. The average molecular weight is 399 g/mol. The molecule has 1 aromatic heterocycles. The predicted octanol–water partition coefficient (Wildman–Crippen LogP) is 3.18. The molecule has 0 spiro atoms. The second-order valence-corrected chi connectivity index (χ2v) is 6.40. The third-order valence-corrected chi connectivity index (χ3v) is 4.19. The van der Waals surface area contributed by atoms with E-state index in [1.165, 1.54) is 24.3 Å². The van der Waals surface area contributed by atoms with Gasteiger partial charge in [0, 0.05) is 20.5 Å². The van der Waals surface area contributed by atoms with Crippen LogP contribution in [-0.2, 0) is 11.2 Å². The molecule has 6 nitrogen and oxygen atoms in total. The van der Waals surface area contributed by atoms with Crippen molar-refractivity contribution in [1.29, 1.82) is 0 Å². The van der Waals surface area contributed by atoms with Gasteiger partial charge in [0.25, 0.3) is 5.91 Å². The molecule has 0 saturated heterocycles. The number of carbonyl (C=O) groups is 2. The van der Waals surface area contributed by atoms with Gasteiger partial charge in [0.2, 0.25) is 5.91 Å². The van der Waals surface area contributed by atoms with Gasteiger partial charge in [0.05, 0.1) is 11.9 Å². The summed E-state index contributed by atoms with van der Waals surface area (Å²) in [7, 11) is 0. The maximum absolute atomic E-state index is 13.1. The average Bonchev–Trinajstić information content (AvgIpc) is 2.70. The maximum Gasteiger partial charge on any atom is 0.251 e. The van der Waals surface area contributed by atoms with E-state index in [9.17, 15) is 14.0 Å². The van der Waals surface area contributed by atoms with Gasteiger partial charge in [-0.3, -0.25) is 14.6 Å². The first-order valence-electron chi connectivity index (χ1n) is 8.85. The van der Waals surface area contributed by atoms with Crippen molar-refractivity contribution in [1.82, 2.24) is 10.3 Å². The van der Waals surface area contributed by atoms with Crippen molar-refractivity contribution in [2.24, 2.45) is 0 Å². The van der Waals surface area contributed by atoms with Gasteiger partial charge in [-0.25, -0.2) is 4.39 Å². The Balaban J connectivity index is 0.00000300. The van der Waals surface area contributed by atoms with E-state index in [-0.39, 0.29) is 19.8 Å². The molecule has 0 fully saturated rings. The Hall–Kier alpha value is -3.58. The minimum atomic E-state index is -0.804. The minimum absolute atomic E-state index is 0. The van der Waals surface area contributed by atoms with Crippen LogP contribution in [0.2, 0.25) is 0 Å². The van der Waals surface area contributed by atoms with Crippen molar-refractivity contribution in [3.05, 3.63) is 95.6 Å². The molecule has 0 aliphatic carbocycles. The zero-order chi connectivity index (χ0) is 19.9. The summed E-state index contributed by atoms with van der Waals surface area (Å²) in [6.45, 7) is 1.85. The number of halogens is 1. The van der Waals surface area contributed by atoms with E-state index in [0.717, 1.165) is 11.3 Å². The summed E-state index contributed by atoms with van der Waals surface area (Å²) in [5.41, 5.74) is 2.57. The number of rotatable bonds is 6. The van der Waals surface area contributed by atoms with Crippen LogP contribution < -0.4 is 10.6 Å². The molecular weight excluding hydrogens is 373 g/mol. The molecule has 154 valence electrons. The highest BCUT2D eigenvalue weighted by Gasteiger charge is 2.22. The molecule has 0 unspecified atom stereocenters. The maximum atomic E-state index is 13.1. The molecule has 1 atom stereocenters. The second-order valence-electron chi connectivity index (χ2n) is 6.40. The Kier molecular flexibility index (Phi) is 7.56. The summed E-state index contributed by atoms with van der Waals surface area (Å²) < 4.78 is 13.1. The normalized spacial score (nSPS) is 11.1. The molecule has 3 rings (SSSR count). The van der Waals surface area contributed by atoms with E-state index >= 15 is 0 Å². The first kappa shape index (κ1) is 21.7. The second kappa shape index (κ2) is 10.1. The molecule has 4 N–H and O–H groups in total. The Morgan fingerprint density at radius 2 is 1.72 bits per heavy atom. The van der Waals surface area contributed by atoms with Crippen molar-refractivity contribution < 1.29 is 22.3 Å². The van der Waals surface area contributed by atoms with Crippen LogP contribution in [0.5, 0.6) is 0 Å². The molecule has 7 heteroatoms. The summed E-state index contributed by atoms with van der Waals surface area (Å²) in [6, 6.07) is 17.3. The Morgan fingerprint density at radius 3 is 2.34 bits per heavy atom. The van der Waals surface area contributed by atoms with Gasteiger partial charge in [-0.2, -0.15) is 0 Å². The van der Waals surface area contributed by atoms with Gasteiger partial charge < -0.3 is 16.1 Å². The first-order valence-corrected chi connectivity index (χ1v) is 8.85. The minimum Gasteiger partial charge on any atom is -0.412 e. The molecule has 2 amide bonds. The zero-order valence-corrected chi connectivity index (χ0v) is 15.9. The lowest BCUT2D eigenvalue weighted by atomic mass is 10.0. The van der Waals surface area contributed by atoms with Crippen LogP contribution in [0, 0.1) is 12.7 Å². The molecular formula is C22H26FN3O3. The third kappa shape index (κ3) is 6.22. The fourth-order valence-corrected chi connectivity index (χ4v) is 2.67. The number of aromatic nitrogens is 1. The highest BCUT2D eigenvalue weighted by atomic mass is 19.1. The summed E-state index contributed by atoms with van der Waals surface area (Å²) >= 11 is 0. The third-order valence-electron chi connectivity index (χ3n) is 4.19. The number of nitrogens with one attached hydrogen (secondary N) is 2. The standard InChI is InChI=1S/C22H20FN3O2.H2O.2H2/c1-15-7-12-19(14-24-15)25-22(28)20(13-16-5-3-2-4-6-16)26-21(27)17-8-10-18(23)11-9-17;;;/h2-12,14,20H,13H2,1H3,(H,25,28)(H,26,27);1H2;2*1H/t20-;;;/m0.../s1. The Bertz CT molecular complexity index is 956. The molecule has 0 aliphatic rings. The summed E-state index contributed by atoms with van der Waals surface area (Å²) in [4.78, 5) is 29.5. The Morgan fingerprint density at radius 1 is 1.03 bits per heavy atom. The lowest BCUT2D eigenvalue weighted by Gasteiger charge is -2.19. The van der Waals surface area contributed by atoms with Crippen molar-refractivity contribution in [3.63, 3.8) is 0 Å². The number of benzene rings is 2. The van der Waals surface area contributed by atoms with Crippen LogP contribution in [0.3, 0.4) is 0 Å². The van der Waals surface area contributed by atoms with Crippen LogP contribution in [0.4, 0.5) is 10.1 Å². The van der Waals surface area contributed by atoms with E-state index in [0.29, 0.717) is 12.1 Å². The molecule has 2 aromatic carbocycles. The van der Waals surface area contributed by atoms with E-state index < -0.39 is 17.8 Å². The van der Waals surface area contributed by atoms with Crippen LogP contribution >= 0.6 is 0 Å². The van der Waals surface area contributed by atoms with Gasteiger partial charge in [0.15, 0.2) is 0 Å². The van der Waals surface area contributed by atoms with Crippen molar-refractivity contribution in [3.8, 4) is 0 Å². The number of amides is 2. The zero-order valence-electron chi connectivity index (χ0n) is 15.9. The largest absolute Gasteiger partial charge is 0.412 e. The molecule has 0 aliphatic heterocycles. The number of pyridine rings is 1. The number of anilines is 1. The van der Waals surface area contributed by atoms with Crippen LogP contribution in [-0.4, -0.2) is 28.3 Å². The van der Waals surface area contributed by atoms with Crippen LogP contribution in [0.15, 0.2) is 72.9 Å². The number of nitrogens with zero attached hydrogens (tertiary/aromatic N) is 1. The number of hydrogen-bond donors (Lipinski definition) is 2. The summed E-state index contributed by atoms with van der Waals surface area (Å²) in [6.07, 6.45) is 1.88. The fraction of sp³-hybridized carbons (Fsp3) is 0.136. The van der Waals surface area contributed by atoms with Crippen molar-refractivity contribution in [2.45, 2.75) is 19.4 Å². The topological polar surface area (TPSA) is 103 Å². The van der Waals surface area contributed by atoms with Gasteiger partial charge in [-0.05, 0) is 48.9 Å². The first-order chi connectivity index (χ1) is 13.5. The molecule has 3 aromatic rings. The van der Waals surface area contributed by atoms with Gasteiger partial charge in [0.1, 0.15) is 11.9 Å². The van der Waals surface area contributed by atoms with Gasteiger partial charge in [-0.15, -0.1) is 0 Å². The van der Waals surface area contributed by atoms with Gasteiger partial charge >= 0.3 is 0 Å². The number of aryl methyl sites for hydroxylation is 1. The quantitative estimate of drug-likeness (QED) is 0.665. The van der Waals surface area contributed by atoms with Crippen molar-refractivity contribution in [2.75, 3.05) is 5.32 Å². The van der Waals surface area contributed by atoms with E-state index in [1.807, 2.05) is 37.3 Å². The highest BCUT2D eigenvalue weighted by molar-refractivity contribution is 6.01.